The summed E-state index contributed by atoms with van der Waals surface area (Å²) in [6.07, 6.45) is 0. The Kier molecular flexibility index (Phi) is 4.09. The van der Waals surface area contributed by atoms with Crippen molar-refractivity contribution in [3.8, 4) is 11.5 Å². The van der Waals surface area contributed by atoms with Gasteiger partial charge < -0.3 is 4.74 Å². The van der Waals surface area contributed by atoms with E-state index in [0.717, 1.165) is 11.5 Å². The number of hydrogen-bond acceptors (Lipinski definition) is 1. The van der Waals surface area contributed by atoms with Crippen molar-refractivity contribution in [1.82, 2.24) is 0 Å². The molecule has 0 saturated heterocycles. The van der Waals surface area contributed by atoms with E-state index in [4.69, 9.17) is 4.74 Å². The van der Waals surface area contributed by atoms with Gasteiger partial charge in [-0.25, -0.2) is 0 Å². The van der Waals surface area contributed by atoms with Crippen LogP contribution >= 0.6 is 15.8 Å². The largest absolute Gasteiger partial charge is 0.455 e. The Bertz CT molecular complexity index is 658. The normalized spacial score (nSPS) is 15.5. The van der Waals surface area contributed by atoms with Crippen LogP contribution in [-0.4, -0.2) is 26.7 Å². The maximum atomic E-state index is 6.53. The first kappa shape index (κ1) is 16.0. The Morgan fingerprint density at radius 1 is 0.727 bits per heavy atom. The highest BCUT2D eigenvalue weighted by molar-refractivity contribution is 7.64. The number of fused-ring (bicyclic) bond motifs is 2. The SMILES string of the molecule is CP(C)c1cccc2c1Oc1c(P(C)C)cccc1C2(C)C. The molecule has 116 valence electrons. The van der Waals surface area contributed by atoms with Gasteiger partial charge in [-0.15, -0.1) is 0 Å². The monoisotopic (exact) mass is 330 g/mol. The summed E-state index contributed by atoms with van der Waals surface area (Å²) in [6.45, 7) is 13.8. The van der Waals surface area contributed by atoms with Crippen molar-refractivity contribution in [2.75, 3.05) is 26.7 Å². The fraction of sp³-hybridized carbons (Fsp3) is 0.368. The molecule has 2 aromatic carbocycles. The Morgan fingerprint density at radius 3 is 1.50 bits per heavy atom. The van der Waals surface area contributed by atoms with Crippen LogP contribution in [-0.2, 0) is 5.41 Å². The van der Waals surface area contributed by atoms with Crippen molar-refractivity contribution >= 4 is 26.5 Å². The second-order valence-corrected chi connectivity index (χ2v) is 11.4. The third-order valence-electron chi connectivity index (χ3n) is 4.50. The zero-order chi connectivity index (χ0) is 16.1. The highest BCUT2D eigenvalue weighted by atomic mass is 31.1. The molecule has 2 aromatic rings. The molecule has 0 unspecified atom stereocenters. The van der Waals surface area contributed by atoms with Gasteiger partial charge in [0.05, 0.1) is 0 Å². The molecule has 1 aliphatic heterocycles. The summed E-state index contributed by atoms with van der Waals surface area (Å²) < 4.78 is 6.53. The number of benzene rings is 2. The van der Waals surface area contributed by atoms with Gasteiger partial charge in [0.15, 0.2) is 0 Å². The van der Waals surface area contributed by atoms with Crippen LogP contribution in [0.2, 0.25) is 0 Å². The highest BCUT2D eigenvalue weighted by Gasteiger charge is 2.36. The minimum Gasteiger partial charge on any atom is -0.455 e. The fourth-order valence-corrected chi connectivity index (χ4v) is 5.11. The molecule has 0 atom stereocenters. The lowest BCUT2D eigenvalue weighted by Crippen LogP contribution is -2.29. The van der Waals surface area contributed by atoms with Crippen LogP contribution in [0, 0.1) is 0 Å². The standard InChI is InChI=1S/C19H24OP2/c1-19(2)13-9-7-11-15(21(3)4)17(13)20-18-14(19)10-8-12-16(18)22(5)6/h7-12H,1-6H3. The van der Waals surface area contributed by atoms with Crippen molar-refractivity contribution in [1.29, 1.82) is 0 Å². The first-order valence-electron chi connectivity index (χ1n) is 7.63. The van der Waals surface area contributed by atoms with Crippen LogP contribution in [0.1, 0.15) is 25.0 Å². The number of ether oxygens (including phenoxy) is 1. The van der Waals surface area contributed by atoms with Crippen molar-refractivity contribution in [2.45, 2.75) is 19.3 Å². The molecule has 1 heterocycles. The number of rotatable bonds is 2. The van der Waals surface area contributed by atoms with E-state index in [1.807, 2.05) is 0 Å². The van der Waals surface area contributed by atoms with Crippen molar-refractivity contribution < 1.29 is 4.74 Å². The molecular weight excluding hydrogens is 306 g/mol. The van der Waals surface area contributed by atoms with Gasteiger partial charge in [0.2, 0.25) is 0 Å². The highest BCUT2D eigenvalue weighted by Crippen LogP contribution is 2.50. The molecule has 1 nitrogen and oxygen atoms in total. The lowest BCUT2D eigenvalue weighted by atomic mass is 9.76. The van der Waals surface area contributed by atoms with E-state index in [1.54, 1.807) is 0 Å². The minimum absolute atomic E-state index is 0.00831. The Balaban J connectivity index is 2.29. The number of para-hydroxylation sites is 2. The van der Waals surface area contributed by atoms with Crippen LogP contribution < -0.4 is 15.3 Å². The summed E-state index contributed by atoms with van der Waals surface area (Å²) in [7, 11) is -0.371. The molecule has 0 spiro atoms. The zero-order valence-corrected chi connectivity index (χ0v) is 16.1. The van der Waals surface area contributed by atoms with Crippen LogP contribution in [0.4, 0.5) is 0 Å². The van der Waals surface area contributed by atoms with E-state index in [0.29, 0.717) is 0 Å². The maximum absolute atomic E-state index is 6.53. The van der Waals surface area contributed by atoms with Crippen LogP contribution in [0.25, 0.3) is 0 Å². The van der Waals surface area contributed by atoms with E-state index in [2.05, 4.69) is 76.9 Å². The molecule has 3 heteroatoms. The quantitative estimate of drug-likeness (QED) is 0.715. The minimum atomic E-state index is -0.186. The summed E-state index contributed by atoms with van der Waals surface area (Å²) in [5.41, 5.74) is 2.63. The van der Waals surface area contributed by atoms with Crippen molar-refractivity contribution in [3.05, 3.63) is 47.5 Å². The van der Waals surface area contributed by atoms with Gasteiger partial charge in [0, 0.05) is 27.2 Å². The molecule has 0 aromatic heterocycles. The average molecular weight is 330 g/mol. The lowest BCUT2D eigenvalue weighted by Gasteiger charge is -2.37. The fourth-order valence-electron chi connectivity index (χ4n) is 3.20. The predicted octanol–water partition coefficient (Wildman–Crippen LogP) is 4.85. The Hall–Kier alpha value is -0.900. The van der Waals surface area contributed by atoms with Crippen LogP contribution in [0.15, 0.2) is 36.4 Å². The third kappa shape index (κ3) is 2.40. The van der Waals surface area contributed by atoms with Gasteiger partial charge in [-0.2, -0.15) is 0 Å². The first-order valence-corrected chi connectivity index (χ1v) is 12.1. The topological polar surface area (TPSA) is 9.23 Å². The number of hydrogen-bond donors (Lipinski definition) is 0. The lowest BCUT2D eigenvalue weighted by molar-refractivity contribution is 0.425. The van der Waals surface area contributed by atoms with E-state index in [1.165, 1.54) is 21.7 Å². The van der Waals surface area contributed by atoms with E-state index in [-0.39, 0.29) is 21.3 Å². The molecule has 22 heavy (non-hydrogen) atoms. The molecule has 0 bridgehead atoms. The van der Waals surface area contributed by atoms with Crippen molar-refractivity contribution in [3.63, 3.8) is 0 Å². The Morgan fingerprint density at radius 2 is 1.14 bits per heavy atom. The first-order chi connectivity index (χ1) is 10.3. The Labute approximate surface area is 136 Å². The molecule has 0 aliphatic carbocycles. The van der Waals surface area contributed by atoms with Gasteiger partial charge in [0.1, 0.15) is 11.5 Å². The summed E-state index contributed by atoms with van der Waals surface area (Å²) in [4.78, 5) is 0. The van der Waals surface area contributed by atoms with Gasteiger partial charge in [-0.05, 0) is 26.7 Å². The van der Waals surface area contributed by atoms with Crippen LogP contribution in [0.3, 0.4) is 0 Å². The summed E-state index contributed by atoms with van der Waals surface area (Å²) in [5, 5.41) is 2.75. The van der Waals surface area contributed by atoms with E-state index >= 15 is 0 Å². The summed E-state index contributed by atoms with van der Waals surface area (Å²) in [6, 6.07) is 13.3. The van der Waals surface area contributed by atoms with Crippen LogP contribution in [0.5, 0.6) is 11.5 Å². The average Bonchev–Trinajstić information content (AvgIpc) is 2.46. The van der Waals surface area contributed by atoms with E-state index in [9.17, 15) is 0 Å². The molecule has 0 amide bonds. The third-order valence-corrected chi connectivity index (χ3v) is 7.13. The second-order valence-electron chi connectivity index (χ2n) is 6.82. The predicted molar refractivity (Wildman–Crippen MR) is 102 cm³/mol. The van der Waals surface area contributed by atoms with Gasteiger partial charge in [-0.3, -0.25) is 0 Å². The molecular formula is C19H24OP2. The smallest absolute Gasteiger partial charge is 0.139 e. The van der Waals surface area contributed by atoms with E-state index < -0.39 is 0 Å². The maximum Gasteiger partial charge on any atom is 0.139 e. The molecule has 0 radical (unpaired) electrons. The summed E-state index contributed by atoms with van der Waals surface area (Å²) in [5.74, 6) is 2.22. The van der Waals surface area contributed by atoms with Gasteiger partial charge in [0.25, 0.3) is 0 Å². The molecule has 0 fully saturated rings. The molecule has 0 N–H and O–H groups in total. The summed E-state index contributed by atoms with van der Waals surface area (Å²) >= 11 is 0. The molecule has 3 rings (SSSR count). The second kappa shape index (κ2) is 5.63. The molecule has 1 aliphatic rings. The zero-order valence-electron chi connectivity index (χ0n) is 14.3. The van der Waals surface area contributed by atoms with Gasteiger partial charge in [-0.1, -0.05) is 66.1 Å². The van der Waals surface area contributed by atoms with Crippen molar-refractivity contribution in [2.24, 2.45) is 0 Å². The van der Waals surface area contributed by atoms with Gasteiger partial charge >= 0.3 is 0 Å². The molecule has 0 saturated carbocycles.